The molecule has 0 radical (unpaired) electrons. The fourth-order valence-corrected chi connectivity index (χ4v) is 9.60. The van der Waals surface area contributed by atoms with Crippen molar-refractivity contribution in [2.75, 3.05) is 41.5 Å². The molecule has 3 saturated heterocycles. The molecule has 4 aliphatic rings. The maximum Gasteiger partial charge on any atom is 0.308 e. The molecule has 0 saturated carbocycles. The Morgan fingerprint density at radius 2 is 1.50 bits per heavy atom. The summed E-state index contributed by atoms with van der Waals surface area (Å²) in [6.45, 7) is 13.5. The van der Waals surface area contributed by atoms with Gasteiger partial charge in [-0.05, 0) is 80.0 Å². The molecule has 4 heterocycles. The minimum atomic E-state index is -1.48. The molecular formula is C46H79NO17. The zero-order valence-electron chi connectivity index (χ0n) is 39.9. The first kappa shape index (κ1) is 54.6. The second kappa shape index (κ2) is 24.3. The molecule has 3 fully saturated rings. The molecule has 0 aromatic carbocycles. The van der Waals surface area contributed by atoms with Crippen LogP contribution in [0.1, 0.15) is 87.5 Å². The summed E-state index contributed by atoms with van der Waals surface area (Å²) in [4.78, 5) is 29.3. The van der Waals surface area contributed by atoms with E-state index in [1.807, 2.05) is 19.9 Å². The van der Waals surface area contributed by atoms with E-state index in [4.69, 9.17) is 42.6 Å². The maximum absolute atomic E-state index is 13.8. The van der Waals surface area contributed by atoms with Crippen molar-refractivity contribution in [1.82, 2.24) is 4.90 Å². The average Bonchev–Trinajstić information content (AvgIpc) is 3.23. The molecule has 0 aromatic rings. The second-order valence-corrected chi connectivity index (χ2v) is 18.9. The van der Waals surface area contributed by atoms with Crippen molar-refractivity contribution in [3.63, 3.8) is 0 Å². The molecule has 18 nitrogen and oxygen atoms in total. The summed E-state index contributed by atoms with van der Waals surface area (Å²) in [6, 6.07) is -0.728. The van der Waals surface area contributed by atoms with E-state index in [-0.39, 0.29) is 38.3 Å². The first-order chi connectivity index (χ1) is 30.1. The van der Waals surface area contributed by atoms with Crippen molar-refractivity contribution in [3.8, 4) is 0 Å². The molecular weight excluding hydrogens is 838 g/mol. The van der Waals surface area contributed by atoms with Crippen LogP contribution in [0.2, 0.25) is 0 Å². The van der Waals surface area contributed by atoms with Crippen LogP contribution in [0.5, 0.6) is 0 Å². The molecule has 21 atom stereocenters. The number of hydrogen-bond donors (Lipinski definition) is 6. The maximum atomic E-state index is 13.8. The Morgan fingerprint density at radius 1 is 0.844 bits per heavy atom. The standard InChI is InChI=1S/C46H79NO17/c1-13-33-30(22-58-45-42(57-12)41(56-11)37(52)26(5)60-45)18-23(2)14-15-31(49)24(3)19-29(16-17-48)39(25(4)32(50)20-34(51)62-33)64-44-38(53)36(47(9)10)40(27(6)61-44)63-35-21-46(8,55)43(54)28(7)59-35/h14-15,18,24-30,32-33,35-45,48,50,52-55H,13,16-17,19-22H2,1-12H3/b15-14+,23-18+/t24-,25+,26-,27-,28+,29+,30-,32-,33-,35+,36-,37-,38-,39-,40-,41-,42-,43+,44+,45-,46-/m1/s1. The molecule has 64 heavy (non-hydrogen) atoms. The van der Waals surface area contributed by atoms with Gasteiger partial charge in [-0.1, -0.05) is 38.5 Å². The highest BCUT2D eigenvalue weighted by atomic mass is 16.7. The van der Waals surface area contributed by atoms with E-state index in [0.29, 0.717) is 12.0 Å². The minimum absolute atomic E-state index is 0.00151. The van der Waals surface area contributed by atoms with E-state index in [1.54, 1.807) is 59.7 Å². The van der Waals surface area contributed by atoms with Crippen molar-refractivity contribution in [2.45, 2.75) is 191 Å². The van der Waals surface area contributed by atoms with Crippen molar-refractivity contribution in [3.05, 3.63) is 23.8 Å². The normalized spacial score (nSPS) is 46.0. The third-order valence-electron chi connectivity index (χ3n) is 13.5. The van der Waals surface area contributed by atoms with Crippen LogP contribution in [0.15, 0.2) is 23.8 Å². The van der Waals surface area contributed by atoms with Gasteiger partial charge in [0.15, 0.2) is 24.7 Å². The smallest absolute Gasteiger partial charge is 0.308 e. The molecule has 18 heteroatoms. The van der Waals surface area contributed by atoms with Gasteiger partial charge in [-0.3, -0.25) is 9.59 Å². The SMILES string of the molecule is CC[C@H]1OC(=O)C[C@@H](O)[C@H](C)[C@@H](O[C@@H]2O[C@H](C)[C@@H](O[C@H]3C[C@@](C)(O)[C@@H](O)[C@H](C)O3)[C@H](N(C)C)[C@H]2O)[C@@H](CCO)C[C@@H](C)C(=O)/C=C/C(C)=C/[C@@H]1CO[C@@H]1O[C@H](C)[C@@H](O)[C@@H](OC)[C@H]1OC. The number of aliphatic hydroxyl groups excluding tert-OH is 5. The van der Waals surface area contributed by atoms with Crippen LogP contribution in [0.25, 0.3) is 0 Å². The lowest BCUT2D eigenvalue weighted by atomic mass is 9.79. The monoisotopic (exact) mass is 918 g/mol. The first-order valence-corrected chi connectivity index (χ1v) is 22.8. The molecule has 0 amide bonds. The number of allylic oxidation sites excluding steroid dienone is 3. The molecule has 370 valence electrons. The zero-order valence-corrected chi connectivity index (χ0v) is 39.9. The van der Waals surface area contributed by atoms with E-state index < -0.39 is 140 Å². The van der Waals surface area contributed by atoms with E-state index in [1.165, 1.54) is 27.2 Å². The van der Waals surface area contributed by atoms with Gasteiger partial charge >= 0.3 is 5.97 Å². The Bertz CT molecular complexity index is 1530. The lowest BCUT2D eigenvalue weighted by Crippen LogP contribution is -2.65. The van der Waals surface area contributed by atoms with Gasteiger partial charge in [0.2, 0.25) is 0 Å². The summed E-state index contributed by atoms with van der Waals surface area (Å²) in [7, 11) is 6.47. The Hall–Kier alpha value is -1.98. The second-order valence-electron chi connectivity index (χ2n) is 18.9. The number of likely N-dealkylation sites (N-methyl/N-ethyl adjacent to an activating group) is 1. The van der Waals surface area contributed by atoms with E-state index >= 15 is 0 Å². The van der Waals surface area contributed by atoms with Gasteiger partial charge in [-0.15, -0.1) is 0 Å². The van der Waals surface area contributed by atoms with Crippen LogP contribution >= 0.6 is 0 Å². The summed E-state index contributed by atoms with van der Waals surface area (Å²) in [5.74, 6) is -3.31. The van der Waals surface area contributed by atoms with Crippen LogP contribution < -0.4 is 0 Å². The molecule has 0 aromatic heterocycles. The number of hydrogen-bond acceptors (Lipinski definition) is 18. The van der Waals surface area contributed by atoms with Crippen LogP contribution in [-0.4, -0.2) is 193 Å². The highest BCUT2D eigenvalue weighted by molar-refractivity contribution is 5.91. The van der Waals surface area contributed by atoms with Gasteiger partial charge in [0, 0.05) is 45.0 Å². The van der Waals surface area contributed by atoms with E-state index in [0.717, 1.165) is 0 Å². The number of methoxy groups -OCH3 is 2. The summed E-state index contributed by atoms with van der Waals surface area (Å²) in [5, 5.41) is 66.2. The minimum Gasteiger partial charge on any atom is -0.462 e. The summed E-state index contributed by atoms with van der Waals surface area (Å²) in [5.41, 5.74) is -0.782. The quantitative estimate of drug-likeness (QED) is 0.144. The number of ether oxygens (including phenoxy) is 9. The third kappa shape index (κ3) is 13.6. The van der Waals surface area contributed by atoms with Gasteiger partial charge in [-0.25, -0.2) is 0 Å². The number of nitrogens with zero attached hydrogens (tertiary/aromatic N) is 1. The predicted octanol–water partition coefficient (Wildman–Crippen LogP) is 1.63. The number of aliphatic hydroxyl groups is 6. The largest absolute Gasteiger partial charge is 0.462 e. The van der Waals surface area contributed by atoms with Crippen molar-refractivity contribution >= 4 is 11.8 Å². The highest BCUT2D eigenvalue weighted by Gasteiger charge is 2.52. The Labute approximate surface area is 379 Å². The number of carbonyl (C=O) groups excluding carboxylic acids is 2. The first-order valence-electron chi connectivity index (χ1n) is 22.8. The number of cyclic esters (lactones) is 1. The van der Waals surface area contributed by atoms with Gasteiger partial charge in [0.1, 0.15) is 42.7 Å². The Morgan fingerprint density at radius 3 is 2.09 bits per heavy atom. The fourth-order valence-electron chi connectivity index (χ4n) is 9.60. The molecule has 0 unspecified atom stereocenters. The number of carbonyl (C=O) groups is 2. The van der Waals surface area contributed by atoms with Gasteiger partial charge in [0.25, 0.3) is 0 Å². The lowest BCUT2D eigenvalue weighted by Gasteiger charge is -2.50. The number of esters is 1. The molecule has 0 aliphatic carbocycles. The summed E-state index contributed by atoms with van der Waals surface area (Å²) >= 11 is 0. The topological polar surface area (TPSA) is 242 Å². The number of rotatable bonds is 13. The molecule has 0 bridgehead atoms. The fraction of sp³-hybridized carbons (Fsp3) is 0.870. The lowest BCUT2D eigenvalue weighted by molar-refractivity contribution is -0.342. The van der Waals surface area contributed by atoms with E-state index in [2.05, 4.69) is 0 Å². The summed E-state index contributed by atoms with van der Waals surface area (Å²) < 4.78 is 54.8. The third-order valence-corrected chi connectivity index (χ3v) is 13.5. The average molecular weight is 918 g/mol. The highest BCUT2D eigenvalue weighted by Crippen LogP contribution is 2.38. The molecule has 6 N–H and O–H groups in total. The molecule has 4 rings (SSSR count). The Balaban J connectivity index is 1.62. The van der Waals surface area contributed by atoms with Gasteiger partial charge in [0.05, 0.1) is 55.2 Å². The van der Waals surface area contributed by atoms with Gasteiger partial charge < -0.3 is 78.2 Å². The van der Waals surface area contributed by atoms with Gasteiger partial charge in [-0.2, -0.15) is 0 Å². The van der Waals surface area contributed by atoms with Crippen LogP contribution in [-0.2, 0) is 52.2 Å². The van der Waals surface area contributed by atoms with Crippen molar-refractivity contribution < 1.29 is 82.9 Å². The number of ketones is 1. The molecule has 0 spiro atoms. The predicted molar refractivity (Wildman–Crippen MR) is 231 cm³/mol. The zero-order chi connectivity index (χ0) is 47.8. The van der Waals surface area contributed by atoms with Crippen LogP contribution in [0.4, 0.5) is 0 Å². The van der Waals surface area contributed by atoms with Crippen molar-refractivity contribution in [2.24, 2.45) is 23.7 Å². The van der Waals surface area contributed by atoms with E-state index in [9.17, 15) is 40.2 Å². The van der Waals surface area contributed by atoms with Crippen LogP contribution in [0.3, 0.4) is 0 Å². The van der Waals surface area contributed by atoms with Crippen molar-refractivity contribution in [1.29, 1.82) is 0 Å². The van der Waals surface area contributed by atoms with Crippen LogP contribution in [0, 0.1) is 23.7 Å². The summed E-state index contributed by atoms with van der Waals surface area (Å²) in [6.07, 6.45) is -8.52. The Kier molecular flexibility index (Phi) is 20.8. The molecule has 4 aliphatic heterocycles.